The van der Waals surface area contributed by atoms with Crippen LogP contribution >= 0.6 is 0 Å². The molecule has 104 valence electrons. The van der Waals surface area contributed by atoms with Gasteiger partial charge in [-0.25, -0.2) is 0 Å². The largest absolute Gasteiger partial charge is 0.356 e. The number of carbonyl (C=O) groups excluding carboxylic acids is 3. The van der Waals surface area contributed by atoms with Crippen LogP contribution in [0.15, 0.2) is 0 Å². The fourth-order valence-electron chi connectivity index (χ4n) is 1.36. The smallest absolute Gasteiger partial charge is 0.229 e. The Morgan fingerprint density at radius 2 is 1.61 bits per heavy atom. The molecule has 0 heterocycles. The van der Waals surface area contributed by atoms with Crippen molar-refractivity contribution in [2.75, 3.05) is 6.54 Å². The molecule has 0 saturated heterocycles. The van der Waals surface area contributed by atoms with Gasteiger partial charge in [0.05, 0.1) is 0 Å². The maximum atomic E-state index is 11.4. The average molecular weight is 256 g/mol. The predicted octanol–water partition coefficient (Wildman–Crippen LogP) is 1.02. The van der Waals surface area contributed by atoms with Crippen LogP contribution in [0, 0.1) is 5.92 Å². The Morgan fingerprint density at radius 3 is 2.11 bits per heavy atom. The first-order valence-electron chi connectivity index (χ1n) is 6.41. The van der Waals surface area contributed by atoms with E-state index in [0.29, 0.717) is 19.4 Å². The zero-order chi connectivity index (χ0) is 14.1. The maximum Gasteiger partial charge on any atom is 0.229 e. The van der Waals surface area contributed by atoms with Crippen molar-refractivity contribution in [1.29, 1.82) is 0 Å². The molecule has 0 radical (unpaired) electrons. The van der Waals surface area contributed by atoms with Gasteiger partial charge in [0.15, 0.2) is 0 Å². The fraction of sp³-hybridized carbons (Fsp3) is 0.769. The Bertz CT molecular complexity index is 299. The highest BCUT2D eigenvalue weighted by molar-refractivity contribution is 5.96. The molecule has 2 amide bonds. The van der Waals surface area contributed by atoms with Gasteiger partial charge < -0.3 is 10.6 Å². The third-order valence-corrected chi connectivity index (χ3v) is 2.34. The number of hydrogen-bond donors (Lipinski definition) is 2. The summed E-state index contributed by atoms with van der Waals surface area (Å²) in [6, 6.07) is 0.0361. The highest BCUT2D eigenvalue weighted by Crippen LogP contribution is 2.00. The molecular formula is C13H24N2O3. The molecule has 5 heteroatoms. The molecule has 0 aliphatic heterocycles. The van der Waals surface area contributed by atoms with Crippen LogP contribution in [0.1, 0.15) is 47.0 Å². The van der Waals surface area contributed by atoms with Gasteiger partial charge in [-0.3, -0.25) is 14.4 Å². The molecule has 0 unspecified atom stereocenters. The van der Waals surface area contributed by atoms with Gasteiger partial charge in [0.25, 0.3) is 0 Å². The Hall–Kier alpha value is -1.39. The monoisotopic (exact) mass is 256 g/mol. The van der Waals surface area contributed by atoms with Crippen LogP contribution in [-0.2, 0) is 14.4 Å². The van der Waals surface area contributed by atoms with Crippen molar-refractivity contribution < 1.29 is 14.4 Å². The molecule has 0 atom stereocenters. The molecule has 0 saturated carbocycles. The van der Waals surface area contributed by atoms with Crippen LogP contribution in [-0.4, -0.2) is 30.2 Å². The summed E-state index contributed by atoms with van der Waals surface area (Å²) in [4.78, 5) is 33.9. The molecule has 0 rings (SSSR count). The highest BCUT2D eigenvalue weighted by Gasteiger charge is 2.10. The first kappa shape index (κ1) is 16.6. The zero-order valence-corrected chi connectivity index (χ0v) is 11.7. The number of amides is 2. The minimum atomic E-state index is -0.301. The van der Waals surface area contributed by atoms with E-state index in [2.05, 4.69) is 10.6 Å². The van der Waals surface area contributed by atoms with E-state index in [1.807, 2.05) is 27.7 Å². The zero-order valence-electron chi connectivity index (χ0n) is 11.7. The van der Waals surface area contributed by atoms with E-state index in [1.165, 1.54) is 0 Å². The Kier molecular flexibility index (Phi) is 8.00. The molecule has 2 N–H and O–H groups in total. The molecule has 0 aromatic carbocycles. The summed E-state index contributed by atoms with van der Waals surface area (Å²) >= 11 is 0. The van der Waals surface area contributed by atoms with E-state index in [4.69, 9.17) is 0 Å². The average Bonchev–Trinajstić information content (AvgIpc) is 2.22. The quantitative estimate of drug-likeness (QED) is 0.503. The van der Waals surface area contributed by atoms with Gasteiger partial charge in [0.1, 0.15) is 12.2 Å². The molecule has 0 bridgehead atoms. The topological polar surface area (TPSA) is 75.3 Å². The van der Waals surface area contributed by atoms with Crippen molar-refractivity contribution in [3.05, 3.63) is 0 Å². The van der Waals surface area contributed by atoms with Crippen LogP contribution in [0.3, 0.4) is 0 Å². The van der Waals surface area contributed by atoms with Crippen LogP contribution in [0.5, 0.6) is 0 Å². The summed E-state index contributed by atoms with van der Waals surface area (Å²) in [5.74, 6) is -0.342. The van der Waals surface area contributed by atoms with Gasteiger partial charge >= 0.3 is 0 Å². The van der Waals surface area contributed by atoms with Crippen molar-refractivity contribution in [3.8, 4) is 0 Å². The molecule has 0 aromatic heterocycles. The summed E-state index contributed by atoms with van der Waals surface area (Å²) < 4.78 is 0. The van der Waals surface area contributed by atoms with Crippen LogP contribution in [0.4, 0.5) is 0 Å². The summed E-state index contributed by atoms with van der Waals surface area (Å²) in [6.45, 7) is 7.83. The molecule has 0 aromatic rings. The number of carbonyl (C=O) groups is 3. The first-order valence-corrected chi connectivity index (χ1v) is 6.41. The van der Waals surface area contributed by atoms with E-state index in [9.17, 15) is 14.4 Å². The van der Waals surface area contributed by atoms with Gasteiger partial charge in [-0.05, 0) is 20.3 Å². The maximum absolute atomic E-state index is 11.4. The number of ketones is 1. The van der Waals surface area contributed by atoms with Crippen LogP contribution in [0.25, 0.3) is 0 Å². The minimum absolute atomic E-state index is 0.0361. The third-order valence-electron chi connectivity index (χ3n) is 2.34. The standard InChI is InChI=1S/C13H24N2O3/c1-9(2)11(16)6-5-7-14-12(17)8-13(18)15-10(3)4/h9-10H,5-8H2,1-4H3,(H,14,17)(H,15,18). The van der Waals surface area contributed by atoms with Crippen LogP contribution in [0.2, 0.25) is 0 Å². The molecule has 0 spiro atoms. The summed E-state index contributed by atoms with van der Waals surface area (Å²) in [5, 5.41) is 5.27. The van der Waals surface area contributed by atoms with E-state index in [1.54, 1.807) is 0 Å². The minimum Gasteiger partial charge on any atom is -0.356 e. The Labute approximate surface area is 109 Å². The van der Waals surface area contributed by atoms with Crippen molar-refractivity contribution in [2.24, 2.45) is 5.92 Å². The van der Waals surface area contributed by atoms with Gasteiger partial charge in [0.2, 0.25) is 11.8 Å². The molecule has 0 aliphatic rings. The lowest BCUT2D eigenvalue weighted by molar-refractivity contribution is -0.129. The molecule has 5 nitrogen and oxygen atoms in total. The number of rotatable bonds is 8. The van der Waals surface area contributed by atoms with E-state index in [0.717, 1.165) is 0 Å². The molecular weight excluding hydrogens is 232 g/mol. The van der Waals surface area contributed by atoms with Crippen molar-refractivity contribution in [1.82, 2.24) is 10.6 Å². The normalized spacial score (nSPS) is 10.6. The molecule has 0 aliphatic carbocycles. The van der Waals surface area contributed by atoms with Crippen LogP contribution < -0.4 is 10.6 Å². The summed E-state index contributed by atoms with van der Waals surface area (Å²) in [6.07, 6.45) is 0.932. The number of nitrogens with one attached hydrogen (secondary N) is 2. The Balaban J connectivity index is 3.66. The second-order valence-corrected chi connectivity index (χ2v) is 4.97. The van der Waals surface area contributed by atoms with Gasteiger partial charge in [-0.1, -0.05) is 13.8 Å². The fourth-order valence-corrected chi connectivity index (χ4v) is 1.36. The summed E-state index contributed by atoms with van der Waals surface area (Å²) in [5.41, 5.74) is 0. The summed E-state index contributed by atoms with van der Waals surface area (Å²) in [7, 11) is 0. The third kappa shape index (κ3) is 8.73. The van der Waals surface area contributed by atoms with E-state index < -0.39 is 0 Å². The van der Waals surface area contributed by atoms with Gasteiger partial charge in [0, 0.05) is 24.9 Å². The highest BCUT2D eigenvalue weighted by atomic mass is 16.2. The lowest BCUT2D eigenvalue weighted by Gasteiger charge is -2.09. The van der Waals surface area contributed by atoms with Gasteiger partial charge in [-0.2, -0.15) is 0 Å². The number of hydrogen-bond acceptors (Lipinski definition) is 3. The molecule has 0 fully saturated rings. The second kappa shape index (κ2) is 8.66. The lowest BCUT2D eigenvalue weighted by Crippen LogP contribution is -2.35. The van der Waals surface area contributed by atoms with Crippen molar-refractivity contribution in [2.45, 2.75) is 53.0 Å². The van der Waals surface area contributed by atoms with E-state index >= 15 is 0 Å². The predicted molar refractivity (Wildman–Crippen MR) is 70.0 cm³/mol. The second-order valence-electron chi connectivity index (χ2n) is 4.97. The van der Waals surface area contributed by atoms with Gasteiger partial charge in [-0.15, -0.1) is 0 Å². The van der Waals surface area contributed by atoms with Crippen molar-refractivity contribution in [3.63, 3.8) is 0 Å². The molecule has 18 heavy (non-hydrogen) atoms. The Morgan fingerprint density at radius 1 is 1.00 bits per heavy atom. The van der Waals surface area contributed by atoms with E-state index in [-0.39, 0.29) is 36.0 Å². The SMILES string of the molecule is CC(C)NC(=O)CC(=O)NCCCC(=O)C(C)C. The lowest BCUT2D eigenvalue weighted by atomic mass is 10.0. The number of Topliss-reactive ketones (excluding diaryl/α,β-unsaturated/α-hetero) is 1. The first-order chi connectivity index (χ1) is 8.32. The van der Waals surface area contributed by atoms with Crippen molar-refractivity contribution >= 4 is 17.6 Å².